The topological polar surface area (TPSA) is 35.5 Å². The van der Waals surface area contributed by atoms with Crippen LogP contribution < -0.4 is 5.32 Å². The van der Waals surface area contributed by atoms with Crippen molar-refractivity contribution in [1.29, 1.82) is 0 Å². The number of likely N-dealkylation sites (N-methyl/N-ethyl adjacent to an activating group) is 1. The van der Waals surface area contributed by atoms with Crippen molar-refractivity contribution in [3.63, 3.8) is 0 Å². The van der Waals surface area contributed by atoms with Crippen molar-refractivity contribution in [2.75, 3.05) is 32.8 Å². The number of nitrogens with one attached hydrogen (secondary N) is 1. The van der Waals surface area contributed by atoms with Gasteiger partial charge in [-0.1, -0.05) is 37.3 Å². The molecule has 0 aromatic heterocycles. The Morgan fingerprint density at radius 3 is 2.44 bits per heavy atom. The fourth-order valence-corrected chi connectivity index (χ4v) is 2.86. The van der Waals surface area contributed by atoms with Gasteiger partial charge in [0.1, 0.15) is 0 Å². The maximum absolute atomic E-state index is 9.93. The van der Waals surface area contributed by atoms with Gasteiger partial charge in [-0.2, -0.15) is 0 Å². The average molecular weight is 248 g/mol. The zero-order valence-electron chi connectivity index (χ0n) is 11.2. The number of rotatable bonds is 6. The summed E-state index contributed by atoms with van der Waals surface area (Å²) < 4.78 is 0. The Balaban J connectivity index is 2.20. The van der Waals surface area contributed by atoms with Crippen molar-refractivity contribution >= 4 is 0 Å². The predicted octanol–water partition coefficient (Wildman–Crippen LogP) is 1.58. The quantitative estimate of drug-likeness (QED) is 0.802. The molecule has 2 rings (SSSR count). The molecule has 100 valence electrons. The van der Waals surface area contributed by atoms with E-state index in [-0.39, 0.29) is 12.1 Å². The van der Waals surface area contributed by atoms with Crippen molar-refractivity contribution in [1.82, 2.24) is 10.2 Å². The fraction of sp³-hybridized carbons (Fsp3) is 0.600. The lowest BCUT2D eigenvalue weighted by molar-refractivity contribution is 0.119. The van der Waals surface area contributed by atoms with Gasteiger partial charge >= 0.3 is 0 Å². The Morgan fingerprint density at radius 2 is 1.89 bits per heavy atom. The Kier molecular flexibility index (Phi) is 4.75. The number of aliphatic hydroxyl groups is 1. The maximum atomic E-state index is 9.93. The van der Waals surface area contributed by atoms with Gasteiger partial charge in [0, 0.05) is 6.54 Å². The zero-order chi connectivity index (χ0) is 12.8. The summed E-state index contributed by atoms with van der Waals surface area (Å²) in [6.45, 7) is 6.29. The summed E-state index contributed by atoms with van der Waals surface area (Å²) in [6.07, 6.45) is 2.56. The summed E-state index contributed by atoms with van der Waals surface area (Å²) in [4.78, 5) is 2.45. The Labute approximate surface area is 110 Å². The van der Waals surface area contributed by atoms with E-state index in [2.05, 4.69) is 29.3 Å². The van der Waals surface area contributed by atoms with Crippen molar-refractivity contribution in [2.45, 2.75) is 25.3 Å². The van der Waals surface area contributed by atoms with Crippen LogP contribution in [0.25, 0.3) is 0 Å². The van der Waals surface area contributed by atoms with Crippen molar-refractivity contribution in [3.8, 4) is 0 Å². The smallest absolute Gasteiger partial charge is 0.0797 e. The highest BCUT2D eigenvalue weighted by Gasteiger charge is 2.33. The largest absolute Gasteiger partial charge is 0.394 e. The monoisotopic (exact) mass is 248 g/mol. The van der Waals surface area contributed by atoms with Gasteiger partial charge in [0.15, 0.2) is 0 Å². The first-order valence-electron chi connectivity index (χ1n) is 6.94. The first kappa shape index (κ1) is 13.5. The second kappa shape index (κ2) is 6.32. The van der Waals surface area contributed by atoms with Crippen LogP contribution in [0.2, 0.25) is 0 Å². The van der Waals surface area contributed by atoms with Crippen LogP contribution in [0.3, 0.4) is 0 Å². The molecule has 0 amide bonds. The van der Waals surface area contributed by atoms with Crippen molar-refractivity contribution < 1.29 is 5.11 Å². The van der Waals surface area contributed by atoms with Gasteiger partial charge in [-0.05, 0) is 38.0 Å². The van der Waals surface area contributed by atoms with Gasteiger partial charge in [-0.25, -0.2) is 0 Å². The van der Waals surface area contributed by atoms with Gasteiger partial charge in [0.2, 0.25) is 0 Å². The zero-order valence-corrected chi connectivity index (χ0v) is 11.2. The van der Waals surface area contributed by atoms with Gasteiger partial charge in [-0.15, -0.1) is 0 Å². The second-order valence-corrected chi connectivity index (χ2v) is 5.12. The standard InChI is InChI=1S/C15H24N2O/c1-2-16-15(13-18,12-17-10-6-7-11-17)14-8-4-3-5-9-14/h3-5,8-9,16,18H,2,6-7,10-13H2,1H3. The molecule has 1 saturated heterocycles. The molecular weight excluding hydrogens is 224 g/mol. The molecule has 3 nitrogen and oxygen atoms in total. The minimum Gasteiger partial charge on any atom is -0.394 e. The SMILES string of the molecule is CCNC(CO)(CN1CCCC1)c1ccccc1. The lowest BCUT2D eigenvalue weighted by atomic mass is 9.90. The molecular formula is C15H24N2O. The molecule has 0 bridgehead atoms. The number of benzene rings is 1. The van der Waals surface area contributed by atoms with Gasteiger partial charge in [0.25, 0.3) is 0 Å². The van der Waals surface area contributed by atoms with Crippen LogP contribution in [0, 0.1) is 0 Å². The highest BCUT2D eigenvalue weighted by molar-refractivity contribution is 5.25. The van der Waals surface area contributed by atoms with E-state index in [1.807, 2.05) is 18.2 Å². The number of hydrogen-bond acceptors (Lipinski definition) is 3. The molecule has 0 spiro atoms. The van der Waals surface area contributed by atoms with Crippen LogP contribution >= 0.6 is 0 Å². The second-order valence-electron chi connectivity index (χ2n) is 5.12. The third kappa shape index (κ3) is 2.91. The van der Waals surface area contributed by atoms with E-state index in [0.717, 1.165) is 26.2 Å². The van der Waals surface area contributed by atoms with Crippen LogP contribution in [-0.4, -0.2) is 42.8 Å². The van der Waals surface area contributed by atoms with Gasteiger partial charge in [0.05, 0.1) is 12.1 Å². The highest BCUT2D eigenvalue weighted by Crippen LogP contribution is 2.24. The van der Waals surface area contributed by atoms with E-state index in [1.165, 1.54) is 18.4 Å². The molecule has 2 N–H and O–H groups in total. The van der Waals surface area contributed by atoms with E-state index in [1.54, 1.807) is 0 Å². The molecule has 1 aliphatic rings. The number of nitrogens with zero attached hydrogens (tertiary/aromatic N) is 1. The molecule has 1 atom stereocenters. The molecule has 0 aliphatic carbocycles. The Morgan fingerprint density at radius 1 is 1.22 bits per heavy atom. The van der Waals surface area contributed by atoms with Crippen LogP contribution in [0.4, 0.5) is 0 Å². The fourth-order valence-electron chi connectivity index (χ4n) is 2.86. The summed E-state index contributed by atoms with van der Waals surface area (Å²) in [5.41, 5.74) is 0.863. The third-order valence-corrected chi connectivity index (χ3v) is 3.80. The molecule has 1 aromatic carbocycles. The van der Waals surface area contributed by atoms with Crippen LogP contribution in [-0.2, 0) is 5.54 Å². The summed E-state index contributed by atoms with van der Waals surface area (Å²) in [7, 11) is 0. The maximum Gasteiger partial charge on any atom is 0.0797 e. The number of hydrogen-bond donors (Lipinski definition) is 2. The number of aliphatic hydroxyl groups excluding tert-OH is 1. The van der Waals surface area contributed by atoms with Crippen molar-refractivity contribution in [3.05, 3.63) is 35.9 Å². The molecule has 0 saturated carbocycles. The predicted molar refractivity (Wildman–Crippen MR) is 74.6 cm³/mol. The van der Waals surface area contributed by atoms with Gasteiger partial charge < -0.3 is 15.3 Å². The molecule has 18 heavy (non-hydrogen) atoms. The molecule has 0 radical (unpaired) electrons. The average Bonchev–Trinajstić information content (AvgIpc) is 2.92. The molecule has 1 unspecified atom stereocenters. The van der Waals surface area contributed by atoms with Gasteiger partial charge in [-0.3, -0.25) is 0 Å². The van der Waals surface area contributed by atoms with E-state index in [0.29, 0.717) is 0 Å². The Bertz CT molecular complexity index is 349. The lowest BCUT2D eigenvalue weighted by Gasteiger charge is -2.37. The molecule has 3 heteroatoms. The van der Waals surface area contributed by atoms with Crippen LogP contribution in [0.5, 0.6) is 0 Å². The molecule has 1 fully saturated rings. The highest BCUT2D eigenvalue weighted by atomic mass is 16.3. The first-order chi connectivity index (χ1) is 8.80. The van der Waals surface area contributed by atoms with E-state index >= 15 is 0 Å². The minimum atomic E-state index is -0.319. The first-order valence-corrected chi connectivity index (χ1v) is 6.94. The summed E-state index contributed by atoms with van der Waals surface area (Å²) in [5.74, 6) is 0. The van der Waals surface area contributed by atoms with Crippen LogP contribution in [0.15, 0.2) is 30.3 Å². The van der Waals surface area contributed by atoms with Crippen LogP contribution in [0.1, 0.15) is 25.3 Å². The lowest BCUT2D eigenvalue weighted by Crippen LogP contribution is -2.53. The normalized spacial score (nSPS) is 19.9. The molecule has 1 heterocycles. The molecule has 1 aromatic rings. The van der Waals surface area contributed by atoms with E-state index < -0.39 is 0 Å². The molecule has 1 aliphatic heterocycles. The summed E-state index contributed by atoms with van der Waals surface area (Å²) in [6, 6.07) is 10.3. The summed E-state index contributed by atoms with van der Waals surface area (Å²) in [5, 5.41) is 13.4. The van der Waals surface area contributed by atoms with E-state index in [4.69, 9.17) is 0 Å². The minimum absolute atomic E-state index is 0.140. The van der Waals surface area contributed by atoms with E-state index in [9.17, 15) is 5.11 Å². The Hall–Kier alpha value is -0.900. The summed E-state index contributed by atoms with van der Waals surface area (Å²) >= 11 is 0. The third-order valence-electron chi connectivity index (χ3n) is 3.80. The van der Waals surface area contributed by atoms with Crippen molar-refractivity contribution in [2.24, 2.45) is 0 Å². The number of likely N-dealkylation sites (tertiary alicyclic amines) is 1.